The van der Waals surface area contributed by atoms with Gasteiger partial charge in [-0.15, -0.1) is 0 Å². The van der Waals surface area contributed by atoms with E-state index in [0.717, 1.165) is 52.1 Å². The molecule has 2 aliphatic heterocycles. The van der Waals surface area contributed by atoms with E-state index in [4.69, 9.17) is 0 Å². The van der Waals surface area contributed by atoms with Crippen LogP contribution in [0.15, 0.2) is 60.7 Å². The second-order valence-corrected chi connectivity index (χ2v) is 8.42. The summed E-state index contributed by atoms with van der Waals surface area (Å²) in [6.07, 6.45) is 1.61. The van der Waals surface area contributed by atoms with Crippen LogP contribution in [0.2, 0.25) is 0 Å². The minimum absolute atomic E-state index is 0.0236. The van der Waals surface area contributed by atoms with Gasteiger partial charge in [-0.3, -0.25) is 19.4 Å². The summed E-state index contributed by atoms with van der Waals surface area (Å²) in [5.74, 6) is -0.0720. The van der Waals surface area contributed by atoms with Crippen LogP contribution >= 0.6 is 0 Å². The Balaban J connectivity index is 1.18. The van der Waals surface area contributed by atoms with Gasteiger partial charge in [-0.2, -0.15) is 0 Å². The van der Waals surface area contributed by atoms with Crippen molar-refractivity contribution in [3.63, 3.8) is 0 Å². The van der Waals surface area contributed by atoms with Crippen LogP contribution in [-0.4, -0.2) is 78.4 Å². The Morgan fingerprint density at radius 1 is 0.839 bits per heavy atom. The number of carbonyl (C=O) groups excluding carboxylic acids is 2. The van der Waals surface area contributed by atoms with E-state index in [2.05, 4.69) is 45.4 Å². The van der Waals surface area contributed by atoms with E-state index in [1.165, 1.54) is 5.56 Å². The highest BCUT2D eigenvalue weighted by molar-refractivity contribution is 5.97. The maximum absolute atomic E-state index is 12.8. The van der Waals surface area contributed by atoms with Gasteiger partial charge in [-0.1, -0.05) is 48.5 Å². The molecule has 6 heteroatoms. The molecule has 0 aromatic heterocycles. The number of rotatable bonds is 7. The Labute approximate surface area is 184 Å². The summed E-state index contributed by atoms with van der Waals surface area (Å²) in [6, 6.07) is 19.5. The maximum Gasteiger partial charge on any atom is 0.254 e. The Morgan fingerprint density at radius 2 is 1.48 bits per heavy atom. The molecule has 164 valence electrons. The first-order valence-corrected chi connectivity index (χ1v) is 11.3. The van der Waals surface area contributed by atoms with Gasteiger partial charge in [0.25, 0.3) is 5.91 Å². The molecule has 1 unspecified atom stereocenters. The van der Waals surface area contributed by atoms with Crippen LogP contribution in [-0.2, 0) is 11.3 Å². The topological polar surface area (TPSA) is 55.9 Å². The quantitative estimate of drug-likeness (QED) is 0.746. The highest BCUT2D eigenvalue weighted by Gasteiger charge is 2.34. The molecule has 1 atom stereocenters. The van der Waals surface area contributed by atoms with Crippen molar-refractivity contribution in [1.82, 2.24) is 20.0 Å². The third kappa shape index (κ3) is 5.71. The molecule has 2 aromatic rings. The Bertz CT molecular complexity index is 850. The first-order valence-electron chi connectivity index (χ1n) is 11.3. The SMILES string of the molecule is O=C(NCCN1CCN(Cc2ccccc2)CC1)C1CCCN1C(=O)c1ccccc1. The van der Waals surface area contributed by atoms with Crippen molar-refractivity contribution in [2.75, 3.05) is 45.8 Å². The fourth-order valence-corrected chi connectivity index (χ4v) is 4.50. The second kappa shape index (κ2) is 10.6. The van der Waals surface area contributed by atoms with E-state index in [1.807, 2.05) is 30.3 Å². The molecule has 0 saturated carbocycles. The average molecular weight is 421 g/mol. The zero-order chi connectivity index (χ0) is 21.5. The molecule has 1 N–H and O–H groups in total. The van der Waals surface area contributed by atoms with Gasteiger partial charge in [0.2, 0.25) is 5.91 Å². The van der Waals surface area contributed by atoms with Crippen LogP contribution in [0.4, 0.5) is 0 Å². The Hall–Kier alpha value is -2.70. The first kappa shape index (κ1) is 21.5. The van der Waals surface area contributed by atoms with Gasteiger partial charge in [-0.25, -0.2) is 0 Å². The number of likely N-dealkylation sites (tertiary alicyclic amines) is 1. The smallest absolute Gasteiger partial charge is 0.254 e. The molecule has 2 saturated heterocycles. The van der Waals surface area contributed by atoms with E-state index in [0.29, 0.717) is 18.7 Å². The van der Waals surface area contributed by atoms with Gasteiger partial charge >= 0.3 is 0 Å². The summed E-state index contributed by atoms with van der Waals surface area (Å²) in [7, 11) is 0. The maximum atomic E-state index is 12.8. The van der Waals surface area contributed by atoms with Crippen LogP contribution in [0.5, 0.6) is 0 Å². The van der Waals surface area contributed by atoms with Crippen molar-refractivity contribution in [1.29, 1.82) is 0 Å². The number of hydrogen-bond donors (Lipinski definition) is 1. The average Bonchev–Trinajstić information content (AvgIpc) is 3.31. The highest BCUT2D eigenvalue weighted by Crippen LogP contribution is 2.20. The first-order chi connectivity index (χ1) is 15.2. The van der Waals surface area contributed by atoms with Crippen LogP contribution in [0.25, 0.3) is 0 Å². The fourth-order valence-electron chi connectivity index (χ4n) is 4.50. The lowest BCUT2D eigenvalue weighted by atomic mass is 10.1. The largest absolute Gasteiger partial charge is 0.353 e. The van der Waals surface area contributed by atoms with Crippen molar-refractivity contribution in [2.45, 2.75) is 25.4 Å². The van der Waals surface area contributed by atoms with Gasteiger partial charge in [0.05, 0.1) is 0 Å². The molecule has 6 nitrogen and oxygen atoms in total. The lowest BCUT2D eigenvalue weighted by molar-refractivity contribution is -0.124. The Kier molecular flexibility index (Phi) is 7.33. The van der Waals surface area contributed by atoms with Crippen molar-refractivity contribution in [3.05, 3.63) is 71.8 Å². The molecular weight excluding hydrogens is 388 g/mol. The van der Waals surface area contributed by atoms with Gasteiger partial charge in [0, 0.05) is 57.9 Å². The molecule has 0 bridgehead atoms. The number of carbonyl (C=O) groups is 2. The third-order valence-electron chi connectivity index (χ3n) is 6.28. The number of hydrogen-bond acceptors (Lipinski definition) is 4. The molecule has 0 radical (unpaired) electrons. The number of nitrogens with one attached hydrogen (secondary N) is 1. The zero-order valence-corrected chi connectivity index (χ0v) is 18.1. The standard InChI is InChI=1S/C25H32N4O2/c30-24(23-12-7-14-29(23)25(31)22-10-5-2-6-11-22)26-13-15-27-16-18-28(19-17-27)20-21-8-3-1-4-9-21/h1-6,8-11,23H,7,12-20H2,(H,26,30). The molecule has 0 spiro atoms. The van der Waals surface area contributed by atoms with Crippen molar-refractivity contribution < 1.29 is 9.59 Å². The molecule has 2 fully saturated rings. The fraction of sp³-hybridized carbons (Fsp3) is 0.440. The molecule has 2 aromatic carbocycles. The van der Waals surface area contributed by atoms with E-state index >= 15 is 0 Å². The van der Waals surface area contributed by atoms with Crippen LogP contribution in [0.1, 0.15) is 28.8 Å². The van der Waals surface area contributed by atoms with E-state index in [-0.39, 0.29) is 17.9 Å². The van der Waals surface area contributed by atoms with Crippen LogP contribution < -0.4 is 5.32 Å². The monoisotopic (exact) mass is 420 g/mol. The van der Waals surface area contributed by atoms with Gasteiger partial charge in [0.15, 0.2) is 0 Å². The minimum Gasteiger partial charge on any atom is -0.353 e. The van der Waals surface area contributed by atoms with Crippen molar-refractivity contribution >= 4 is 11.8 Å². The third-order valence-corrected chi connectivity index (χ3v) is 6.28. The van der Waals surface area contributed by atoms with Crippen LogP contribution in [0.3, 0.4) is 0 Å². The van der Waals surface area contributed by atoms with Gasteiger partial charge in [0.1, 0.15) is 6.04 Å². The molecule has 2 heterocycles. The van der Waals surface area contributed by atoms with E-state index in [1.54, 1.807) is 4.90 Å². The minimum atomic E-state index is -0.351. The molecule has 4 rings (SSSR count). The normalized spacial score (nSPS) is 20.0. The van der Waals surface area contributed by atoms with Crippen LogP contribution in [0, 0.1) is 0 Å². The van der Waals surface area contributed by atoms with E-state index in [9.17, 15) is 9.59 Å². The zero-order valence-electron chi connectivity index (χ0n) is 18.1. The van der Waals surface area contributed by atoms with E-state index < -0.39 is 0 Å². The van der Waals surface area contributed by atoms with Crippen molar-refractivity contribution in [3.8, 4) is 0 Å². The molecule has 2 amide bonds. The summed E-state index contributed by atoms with van der Waals surface area (Å²) in [5, 5.41) is 3.07. The molecule has 0 aliphatic carbocycles. The summed E-state index contributed by atoms with van der Waals surface area (Å²) in [6.45, 7) is 7.25. The summed E-state index contributed by atoms with van der Waals surface area (Å²) in [5.41, 5.74) is 2.00. The van der Waals surface area contributed by atoms with Gasteiger partial charge < -0.3 is 10.2 Å². The second-order valence-electron chi connectivity index (χ2n) is 8.42. The molecule has 2 aliphatic rings. The number of nitrogens with zero attached hydrogens (tertiary/aromatic N) is 3. The highest BCUT2D eigenvalue weighted by atomic mass is 16.2. The van der Waals surface area contributed by atoms with Crippen molar-refractivity contribution in [2.24, 2.45) is 0 Å². The molecular formula is C25H32N4O2. The predicted molar refractivity (Wildman–Crippen MR) is 122 cm³/mol. The molecule has 31 heavy (non-hydrogen) atoms. The number of amides is 2. The lowest BCUT2D eigenvalue weighted by Gasteiger charge is -2.34. The summed E-state index contributed by atoms with van der Waals surface area (Å²) < 4.78 is 0. The number of piperazine rings is 1. The van der Waals surface area contributed by atoms with Gasteiger partial charge in [-0.05, 0) is 30.5 Å². The summed E-state index contributed by atoms with van der Waals surface area (Å²) in [4.78, 5) is 32.2. The Morgan fingerprint density at radius 3 is 2.19 bits per heavy atom. The predicted octanol–water partition coefficient (Wildman–Crippen LogP) is 2.23. The number of benzene rings is 2. The lowest BCUT2D eigenvalue weighted by Crippen LogP contribution is -2.50. The summed E-state index contributed by atoms with van der Waals surface area (Å²) >= 11 is 0.